The van der Waals surface area contributed by atoms with E-state index < -0.39 is 23.1 Å². The number of hydrogen-bond acceptors (Lipinski definition) is 1. The molecule has 2 rings (SSSR count). The van der Waals surface area contributed by atoms with E-state index in [1.165, 1.54) is 12.1 Å². The minimum atomic E-state index is -0.997. The number of carbonyl (C=O) groups is 1. The summed E-state index contributed by atoms with van der Waals surface area (Å²) in [6, 6.07) is 4.97. The zero-order valence-corrected chi connectivity index (χ0v) is 14.7. The molecule has 0 aromatic heterocycles. The van der Waals surface area contributed by atoms with Gasteiger partial charge in [0.1, 0.15) is 17.2 Å². The van der Waals surface area contributed by atoms with E-state index in [4.69, 9.17) is 23.2 Å². The van der Waals surface area contributed by atoms with E-state index in [0.717, 1.165) is 12.1 Å². The van der Waals surface area contributed by atoms with Crippen LogP contribution >= 0.6 is 55.1 Å². The standard InChI is InChI=1S/C13H5Br2Cl2F2NO/c14-5-1-7(16)12(8(17)2-5)20-13(21)11-9(18)3-6(15)4-10(11)19/h1-4H,(H,20,21). The molecule has 0 aliphatic rings. The van der Waals surface area contributed by atoms with Crippen LogP contribution in [0.3, 0.4) is 0 Å². The summed E-state index contributed by atoms with van der Waals surface area (Å²) >= 11 is 18.0. The highest BCUT2D eigenvalue weighted by Gasteiger charge is 2.20. The summed E-state index contributed by atoms with van der Waals surface area (Å²) in [6.07, 6.45) is 0. The van der Waals surface area contributed by atoms with Gasteiger partial charge in [-0.15, -0.1) is 0 Å². The molecule has 0 saturated carbocycles. The van der Waals surface area contributed by atoms with E-state index in [-0.39, 0.29) is 20.2 Å². The molecule has 0 heterocycles. The number of carbonyl (C=O) groups excluding carboxylic acids is 1. The average Bonchev–Trinajstić information content (AvgIpc) is 2.32. The summed E-state index contributed by atoms with van der Waals surface area (Å²) in [4.78, 5) is 12.0. The fourth-order valence-corrected chi connectivity index (χ4v) is 3.30. The molecule has 110 valence electrons. The lowest BCUT2D eigenvalue weighted by atomic mass is 10.1. The van der Waals surface area contributed by atoms with Crippen molar-refractivity contribution in [2.24, 2.45) is 0 Å². The lowest BCUT2D eigenvalue weighted by Crippen LogP contribution is -2.16. The Morgan fingerprint density at radius 2 is 1.38 bits per heavy atom. The van der Waals surface area contributed by atoms with Crippen LogP contribution in [0.2, 0.25) is 10.0 Å². The Labute approximate surface area is 145 Å². The van der Waals surface area contributed by atoms with Crippen LogP contribution < -0.4 is 5.32 Å². The second-order valence-corrected chi connectivity index (χ2v) is 6.59. The molecule has 0 spiro atoms. The van der Waals surface area contributed by atoms with E-state index in [0.29, 0.717) is 4.47 Å². The monoisotopic (exact) mass is 457 g/mol. The topological polar surface area (TPSA) is 29.1 Å². The minimum absolute atomic E-state index is 0.0771. The van der Waals surface area contributed by atoms with Crippen molar-refractivity contribution in [3.63, 3.8) is 0 Å². The molecule has 0 radical (unpaired) electrons. The maximum atomic E-state index is 13.7. The van der Waals surface area contributed by atoms with Gasteiger partial charge in [-0.1, -0.05) is 55.1 Å². The van der Waals surface area contributed by atoms with Gasteiger partial charge in [0, 0.05) is 8.95 Å². The molecule has 0 bridgehead atoms. The molecule has 2 aromatic carbocycles. The molecule has 0 aliphatic heterocycles. The van der Waals surface area contributed by atoms with Crippen LogP contribution in [0.15, 0.2) is 33.2 Å². The third-order valence-corrected chi connectivity index (χ3v) is 3.99. The third-order valence-electron chi connectivity index (χ3n) is 2.48. The average molecular weight is 460 g/mol. The Balaban J connectivity index is 2.40. The second-order valence-electron chi connectivity index (χ2n) is 3.94. The number of benzene rings is 2. The predicted octanol–water partition coefficient (Wildman–Crippen LogP) is 6.05. The van der Waals surface area contributed by atoms with Crippen molar-refractivity contribution < 1.29 is 13.6 Å². The molecule has 1 amide bonds. The van der Waals surface area contributed by atoms with Crippen molar-refractivity contribution in [1.29, 1.82) is 0 Å². The molecule has 0 unspecified atom stereocenters. The molecule has 2 nitrogen and oxygen atoms in total. The van der Waals surface area contributed by atoms with Gasteiger partial charge in [0.2, 0.25) is 0 Å². The first kappa shape index (κ1) is 16.7. The fraction of sp³-hybridized carbons (Fsp3) is 0. The van der Waals surface area contributed by atoms with Gasteiger partial charge in [-0.05, 0) is 24.3 Å². The Kier molecular flexibility index (Phi) is 5.24. The molecular weight excluding hydrogens is 455 g/mol. The zero-order valence-electron chi connectivity index (χ0n) is 9.99. The van der Waals surface area contributed by atoms with Crippen molar-refractivity contribution in [3.05, 3.63) is 60.5 Å². The SMILES string of the molecule is O=C(Nc1c(Cl)cc(Br)cc1Cl)c1c(F)cc(Br)cc1F. The van der Waals surface area contributed by atoms with Crippen LogP contribution in [-0.4, -0.2) is 5.91 Å². The van der Waals surface area contributed by atoms with Crippen LogP contribution in [-0.2, 0) is 0 Å². The number of nitrogens with one attached hydrogen (secondary N) is 1. The first-order valence-corrected chi connectivity index (χ1v) is 7.74. The Morgan fingerprint density at radius 3 is 1.86 bits per heavy atom. The van der Waals surface area contributed by atoms with Gasteiger partial charge in [0.05, 0.1) is 15.7 Å². The predicted molar refractivity (Wildman–Crippen MR) is 86.2 cm³/mol. The van der Waals surface area contributed by atoms with Gasteiger partial charge in [-0.25, -0.2) is 8.78 Å². The van der Waals surface area contributed by atoms with E-state index in [1.807, 2.05) is 0 Å². The summed E-state index contributed by atoms with van der Waals surface area (Å²) in [5.74, 6) is -2.98. The number of rotatable bonds is 2. The van der Waals surface area contributed by atoms with Gasteiger partial charge in [-0.2, -0.15) is 0 Å². The molecule has 8 heteroatoms. The van der Waals surface area contributed by atoms with Gasteiger partial charge < -0.3 is 5.32 Å². The van der Waals surface area contributed by atoms with Crippen molar-refractivity contribution in [3.8, 4) is 0 Å². The third kappa shape index (κ3) is 3.74. The summed E-state index contributed by atoms with van der Waals surface area (Å²) < 4.78 is 28.2. The Bertz CT molecular complexity index is 694. The highest BCUT2D eigenvalue weighted by atomic mass is 79.9. The molecule has 0 fully saturated rings. The van der Waals surface area contributed by atoms with Crippen LogP contribution in [0.25, 0.3) is 0 Å². The molecule has 0 aliphatic carbocycles. The van der Waals surface area contributed by atoms with Gasteiger partial charge in [0.15, 0.2) is 0 Å². The van der Waals surface area contributed by atoms with E-state index in [9.17, 15) is 13.6 Å². The van der Waals surface area contributed by atoms with Crippen molar-refractivity contribution >= 4 is 66.7 Å². The van der Waals surface area contributed by atoms with Crippen molar-refractivity contribution in [2.45, 2.75) is 0 Å². The van der Waals surface area contributed by atoms with E-state index in [2.05, 4.69) is 37.2 Å². The molecule has 0 saturated heterocycles. The Hall–Kier alpha value is -0.690. The van der Waals surface area contributed by atoms with Gasteiger partial charge >= 0.3 is 0 Å². The summed E-state index contributed by atoms with van der Waals surface area (Å²) in [5, 5.41) is 2.58. The molecule has 21 heavy (non-hydrogen) atoms. The summed E-state index contributed by atoms with van der Waals surface area (Å²) in [7, 11) is 0. The number of anilines is 1. The Morgan fingerprint density at radius 1 is 0.952 bits per heavy atom. The highest BCUT2D eigenvalue weighted by Crippen LogP contribution is 2.34. The number of halogens is 6. The zero-order chi connectivity index (χ0) is 15.7. The highest BCUT2D eigenvalue weighted by molar-refractivity contribution is 9.10. The lowest BCUT2D eigenvalue weighted by Gasteiger charge is -2.11. The second kappa shape index (κ2) is 6.60. The lowest BCUT2D eigenvalue weighted by molar-refractivity contribution is 0.101. The van der Waals surface area contributed by atoms with E-state index in [1.54, 1.807) is 0 Å². The molecular formula is C13H5Br2Cl2F2NO. The maximum absolute atomic E-state index is 13.7. The summed E-state index contributed by atoms with van der Waals surface area (Å²) in [5.41, 5.74) is -0.637. The molecule has 1 N–H and O–H groups in total. The van der Waals surface area contributed by atoms with Crippen molar-refractivity contribution in [1.82, 2.24) is 0 Å². The first-order chi connectivity index (χ1) is 9.79. The quantitative estimate of drug-likeness (QED) is 0.582. The minimum Gasteiger partial charge on any atom is -0.319 e. The normalized spacial score (nSPS) is 10.6. The molecule has 2 aromatic rings. The van der Waals surface area contributed by atoms with Gasteiger partial charge in [0.25, 0.3) is 5.91 Å². The maximum Gasteiger partial charge on any atom is 0.261 e. The van der Waals surface area contributed by atoms with E-state index >= 15 is 0 Å². The fourth-order valence-electron chi connectivity index (χ4n) is 1.60. The number of hydrogen-bond donors (Lipinski definition) is 1. The molecule has 0 atom stereocenters. The van der Waals surface area contributed by atoms with Crippen LogP contribution in [0, 0.1) is 11.6 Å². The first-order valence-electron chi connectivity index (χ1n) is 5.40. The van der Waals surface area contributed by atoms with Gasteiger partial charge in [-0.3, -0.25) is 4.79 Å². The summed E-state index contributed by atoms with van der Waals surface area (Å²) in [6.45, 7) is 0. The smallest absolute Gasteiger partial charge is 0.261 e. The van der Waals surface area contributed by atoms with Crippen LogP contribution in [0.1, 0.15) is 10.4 Å². The number of amides is 1. The van der Waals surface area contributed by atoms with Crippen LogP contribution in [0.4, 0.5) is 14.5 Å². The largest absolute Gasteiger partial charge is 0.319 e. The van der Waals surface area contributed by atoms with Crippen molar-refractivity contribution in [2.75, 3.05) is 5.32 Å². The van der Waals surface area contributed by atoms with Crippen LogP contribution in [0.5, 0.6) is 0 Å².